The van der Waals surface area contributed by atoms with Gasteiger partial charge in [0.2, 0.25) is 0 Å². The quantitative estimate of drug-likeness (QED) is 0.657. The predicted molar refractivity (Wildman–Crippen MR) is 109 cm³/mol. The average Bonchev–Trinajstić information content (AvgIpc) is 2.72. The standard InChI is InChI=1S/C21H22N4O4/c1-12-8-7-11-17(13(12)2)29-14(3)19(26)22-23-20(27)18-15-9-5-6-10-16(15)21(28)25(4)24-18/h5-11,14H,1-4H3,(H,22,26)(H,23,27)/t14-/m1/s1. The second-order valence-electron chi connectivity index (χ2n) is 6.72. The molecule has 0 unspecified atom stereocenters. The van der Waals surface area contributed by atoms with E-state index in [1.807, 2.05) is 26.0 Å². The van der Waals surface area contributed by atoms with Crippen LogP contribution >= 0.6 is 0 Å². The third kappa shape index (κ3) is 4.11. The van der Waals surface area contributed by atoms with Crippen molar-refractivity contribution >= 4 is 22.6 Å². The summed E-state index contributed by atoms with van der Waals surface area (Å²) in [7, 11) is 1.46. The number of aromatic nitrogens is 2. The number of fused-ring (bicyclic) bond motifs is 1. The van der Waals surface area contributed by atoms with Gasteiger partial charge in [0, 0.05) is 12.4 Å². The third-order valence-corrected chi connectivity index (χ3v) is 4.70. The molecule has 0 saturated heterocycles. The van der Waals surface area contributed by atoms with Gasteiger partial charge >= 0.3 is 0 Å². The Kier molecular flexibility index (Phi) is 5.63. The van der Waals surface area contributed by atoms with Crippen molar-refractivity contribution in [3.05, 3.63) is 69.6 Å². The van der Waals surface area contributed by atoms with Crippen LogP contribution in [0.4, 0.5) is 0 Å². The van der Waals surface area contributed by atoms with Crippen LogP contribution in [0.15, 0.2) is 47.3 Å². The maximum Gasteiger partial charge on any atom is 0.290 e. The minimum absolute atomic E-state index is 0.0334. The average molecular weight is 394 g/mol. The molecule has 0 aliphatic rings. The molecule has 29 heavy (non-hydrogen) atoms. The van der Waals surface area contributed by atoms with Crippen molar-refractivity contribution in [3.63, 3.8) is 0 Å². The molecular weight excluding hydrogens is 372 g/mol. The van der Waals surface area contributed by atoms with Crippen molar-refractivity contribution in [2.24, 2.45) is 7.05 Å². The summed E-state index contributed by atoms with van der Waals surface area (Å²) in [4.78, 5) is 37.1. The molecule has 0 aliphatic carbocycles. The van der Waals surface area contributed by atoms with Crippen LogP contribution in [0.5, 0.6) is 5.75 Å². The van der Waals surface area contributed by atoms with Crippen LogP contribution < -0.4 is 21.1 Å². The topological polar surface area (TPSA) is 102 Å². The first-order chi connectivity index (χ1) is 13.8. The molecule has 150 valence electrons. The largest absolute Gasteiger partial charge is 0.481 e. The monoisotopic (exact) mass is 394 g/mol. The zero-order valence-electron chi connectivity index (χ0n) is 16.6. The lowest BCUT2D eigenvalue weighted by Crippen LogP contribution is -2.47. The van der Waals surface area contributed by atoms with Crippen molar-refractivity contribution in [2.45, 2.75) is 26.9 Å². The van der Waals surface area contributed by atoms with Crippen molar-refractivity contribution in [2.75, 3.05) is 0 Å². The number of hydrogen-bond acceptors (Lipinski definition) is 5. The fraction of sp³-hybridized carbons (Fsp3) is 0.238. The second-order valence-corrected chi connectivity index (χ2v) is 6.72. The second kappa shape index (κ2) is 8.14. The number of nitrogens with one attached hydrogen (secondary N) is 2. The predicted octanol–water partition coefficient (Wildman–Crippen LogP) is 1.78. The van der Waals surface area contributed by atoms with Crippen LogP contribution in [0.25, 0.3) is 10.8 Å². The summed E-state index contributed by atoms with van der Waals surface area (Å²) in [6.45, 7) is 5.45. The smallest absolute Gasteiger partial charge is 0.290 e. The Bertz CT molecular complexity index is 1150. The number of ether oxygens (including phenoxy) is 1. The first-order valence-electron chi connectivity index (χ1n) is 9.08. The molecule has 2 aromatic carbocycles. The number of aryl methyl sites for hydroxylation is 2. The van der Waals surface area contributed by atoms with E-state index < -0.39 is 17.9 Å². The summed E-state index contributed by atoms with van der Waals surface area (Å²) >= 11 is 0. The molecular formula is C21H22N4O4. The summed E-state index contributed by atoms with van der Waals surface area (Å²) in [5.41, 5.74) is 6.40. The highest BCUT2D eigenvalue weighted by atomic mass is 16.5. The number of hydrazine groups is 1. The maximum atomic E-state index is 12.6. The molecule has 2 amide bonds. The molecule has 0 fully saturated rings. The van der Waals surface area contributed by atoms with Gasteiger partial charge in [-0.1, -0.05) is 30.3 Å². The van der Waals surface area contributed by atoms with Gasteiger partial charge in [-0.15, -0.1) is 0 Å². The van der Waals surface area contributed by atoms with E-state index in [-0.39, 0.29) is 11.3 Å². The lowest BCUT2D eigenvalue weighted by Gasteiger charge is -2.17. The van der Waals surface area contributed by atoms with E-state index in [1.165, 1.54) is 7.05 Å². The fourth-order valence-electron chi connectivity index (χ4n) is 2.84. The van der Waals surface area contributed by atoms with E-state index in [0.29, 0.717) is 16.5 Å². The zero-order chi connectivity index (χ0) is 21.1. The molecule has 0 bridgehead atoms. The Morgan fingerprint density at radius 1 is 1.03 bits per heavy atom. The summed E-state index contributed by atoms with van der Waals surface area (Å²) in [6, 6.07) is 12.3. The minimum Gasteiger partial charge on any atom is -0.481 e. The van der Waals surface area contributed by atoms with Crippen LogP contribution in [-0.4, -0.2) is 27.7 Å². The zero-order valence-corrected chi connectivity index (χ0v) is 16.6. The summed E-state index contributed by atoms with van der Waals surface area (Å²) in [5.74, 6) is -0.554. The van der Waals surface area contributed by atoms with Crippen molar-refractivity contribution in [3.8, 4) is 5.75 Å². The van der Waals surface area contributed by atoms with E-state index in [1.54, 1.807) is 37.3 Å². The fourth-order valence-corrected chi connectivity index (χ4v) is 2.84. The number of nitrogens with zero attached hydrogens (tertiary/aromatic N) is 2. The normalized spacial score (nSPS) is 11.7. The summed E-state index contributed by atoms with van der Waals surface area (Å²) in [5, 5.41) is 4.80. The van der Waals surface area contributed by atoms with Crippen LogP contribution in [0.1, 0.15) is 28.5 Å². The lowest BCUT2D eigenvalue weighted by molar-refractivity contribution is -0.128. The van der Waals surface area contributed by atoms with E-state index in [9.17, 15) is 14.4 Å². The molecule has 3 rings (SSSR count). The van der Waals surface area contributed by atoms with Crippen molar-refractivity contribution in [1.29, 1.82) is 0 Å². The van der Waals surface area contributed by atoms with Gasteiger partial charge in [-0.25, -0.2) is 4.68 Å². The number of carbonyl (C=O) groups excluding carboxylic acids is 2. The third-order valence-electron chi connectivity index (χ3n) is 4.70. The molecule has 8 nitrogen and oxygen atoms in total. The Balaban J connectivity index is 1.71. The molecule has 0 saturated carbocycles. The molecule has 2 N–H and O–H groups in total. The first-order valence-corrected chi connectivity index (χ1v) is 9.08. The number of carbonyl (C=O) groups is 2. The van der Waals surface area contributed by atoms with Crippen LogP contribution in [-0.2, 0) is 11.8 Å². The Labute approximate surface area is 167 Å². The number of rotatable bonds is 4. The van der Waals surface area contributed by atoms with Gasteiger partial charge in [0.05, 0.1) is 5.39 Å². The molecule has 1 atom stereocenters. The van der Waals surface area contributed by atoms with Gasteiger partial charge in [0.25, 0.3) is 17.4 Å². The van der Waals surface area contributed by atoms with E-state index in [4.69, 9.17) is 4.74 Å². The number of amides is 2. The van der Waals surface area contributed by atoms with Crippen LogP contribution in [0.2, 0.25) is 0 Å². The van der Waals surface area contributed by atoms with Gasteiger partial charge in [-0.05, 0) is 44.0 Å². The molecule has 1 heterocycles. The molecule has 0 radical (unpaired) electrons. The van der Waals surface area contributed by atoms with Gasteiger partial charge in [0.1, 0.15) is 5.75 Å². The van der Waals surface area contributed by atoms with E-state index >= 15 is 0 Å². The van der Waals surface area contributed by atoms with Crippen molar-refractivity contribution < 1.29 is 14.3 Å². The highest BCUT2D eigenvalue weighted by Gasteiger charge is 2.19. The van der Waals surface area contributed by atoms with E-state index in [2.05, 4.69) is 16.0 Å². The SMILES string of the molecule is Cc1cccc(O[C@H](C)C(=O)NNC(=O)c2nn(C)c(=O)c3ccccc23)c1C. The van der Waals surface area contributed by atoms with Gasteiger partial charge < -0.3 is 4.74 Å². The number of hydrogen-bond donors (Lipinski definition) is 2. The van der Waals surface area contributed by atoms with E-state index in [0.717, 1.165) is 15.8 Å². The van der Waals surface area contributed by atoms with Gasteiger partial charge in [-0.3, -0.25) is 25.2 Å². The Morgan fingerprint density at radius 2 is 1.72 bits per heavy atom. The first kappa shape index (κ1) is 20.1. The highest BCUT2D eigenvalue weighted by Crippen LogP contribution is 2.21. The van der Waals surface area contributed by atoms with Crippen LogP contribution in [0.3, 0.4) is 0 Å². The Morgan fingerprint density at radius 3 is 2.45 bits per heavy atom. The molecule has 3 aromatic rings. The van der Waals surface area contributed by atoms with Gasteiger partial charge in [-0.2, -0.15) is 5.10 Å². The summed E-state index contributed by atoms with van der Waals surface area (Å²) in [6.07, 6.45) is -0.833. The number of benzene rings is 2. The molecule has 0 aliphatic heterocycles. The summed E-state index contributed by atoms with van der Waals surface area (Å²) < 4.78 is 6.80. The van der Waals surface area contributed by atoms with Crippen molar-refractivity contribution in [1.82, 2.24) is 20.6 Å². The maximum absolute atomic E-state index is 12.6. The minimum atomic E-state index is -0.833. The van der Waals surface area contributed by atoms with Crippen LogP contribution in [0, 0.1) is 13.8 Å². The molecule has 0 spiro atoms. The molecule has 1 aromatic heterocycles. The molecule has 8 heteroatoms. The lowest BCUT2D eigenvalue weighted by atomic mass is 10.1. The highest BCUT2D eigenvalue weighted by molar-refractivity contribution is 6.05. The Hall–Kier alpha value is -3.68. The van der Waals surface area contributed by atoms with Gasteiger partial charge in [0.15, 0.2) is 11.8 Å².